The molecule has 3 heterocycles. The van der Waals surface area contributed by atoms with Gasteiger partial charge in [0.2, 0.25) is 11.8 Å². The van der Waals surface area contributed by atoms with E-state index in [-0.39, 0.29) is 11.8 Å². The Morgan fingerprint density at radius 2 is 1.96 bits per heavy atom. The molecular formula is C15H15ClN2O5. The first-order valence-corrected chi connectivity index (χ1v) is 7.60. The summed E-state index contributed by atoms with van der Waals surface area (Å²) in [5.74, 6) is -0.369. The summed E-state index contributed by atoms with van der Waals surface area (Å²) < 4.78 is 22.5. The molecule has 8 heteroatoms. The van der Waals surface area contributed by atoms with Crippen LogP contribution in [0.25, 0.3) is 11.5 Å². The van der Waals surface area contributed by atoms with Crippen molar-refractivity contribution >= 4 is 11.6 Å². The maximum Gasteiger partial charge on any atom is 0.249 e. The maximum absolute atomic E-state index is 10.4. The Labute approximate surface area is 137 Å². The van der Waals surface area contributed by atoms with Gasteiger partial charge in [0.15, 0.2) is 18.2 Å². The minimum absolute atomic E-state index is 0.159. The van der Waals surface area contributed by atoms with Crippen molar-refractivity contribution in [2.24, 2.45) is 0 Å². The van der Waals surface area contributed by atoms with Crippen LogP contribution in [-0.2, 0) is 14.2 Å². The lowest BCUT2D eigenvalue weighted by molar-refractivity contribution is -0.218. The number of hydrogen-bond donors (Lipinski definition) is 1. The number of aliphatic hydroxyl groups is 1. The summed E-state index contributed by atoms with van der Waals surface area (Å²) in [4.78, 5) is 0. The molecule has 2 saturated heterocycles. The summed E-state index contributed by atoms with van der Waals surface area (Å²) in [5, 5.41) is 18.8. The zero-order chi connectivity index (χ0) is 16.2. The van der Waals surface area contributed by atoms with E-state index in [1.165, 1.54) is 0 Å². The van der Waals surface area contributed by atoms with E-state index in [2.05, 4.69) is 10.2 Å². The Balaban J connectivity index is 1.58. The third-order valence-electron chi connectivity index (χ3n) is 3.80. The van der Waals surface area contributed by atoms with E-state index in [0.717, 1.165) is 0 Å². The van der Waals surface area contributed by atoms with Crippen molar-refractivity contribution in [1.82, 2.24) is 10.2 Å². The number of aromatic nitrogens is 2. The van der Waals surface area contributed by atoms with Crippen LogP contribution >= 0.6 is 11.6 Å². The quantitative estimate of drug-likeness (QED) is 0.898. The summed E-state index contributed by atoms with van der Waals surface area (Å²) in [6.07, 6.45) is -3.02. The molecule has 0 amide bonds. The first-order chi connectivity index (χ1) is 10.9. The van der Waals surface area contributed by atoms with Gasteiger partial charge in [-0.2, -0.15) is 0 Å². The van der Waals surface area contributed by atoms with Gasteiger partial charge >= 0.3 is 0 Å². The second kappa shape index (κ2) is 5.25. The Morgan fingerprint density at radius 3 is 2.70 bits per heavy atom. The summed E-state index contributed by atoms with van der Waals surface area (Å²) in [5.41, 5.74) is 0.620. The predicted molar refractivity (Wildman–Crippen MR) is 78.4 cm³/mol. The van der Waals surface area contributed by atoms with E-state index in [9.17, 15) is 5.11 Å². The Bertz CT molecular complexity index is 734. The molecule has 2 aromatic rings. The fourth-order valence-corrected chi connectivity index (χ4v) is 3.00. The van der Waals surface area contributed by atoms with Crippen LogP contribution in [0.5, 0.6) is 0 Å². The zero-order valence-corrected chi connectivity index (χ0v) is 13.2. The van der Waals surface area contributed by atoms with E-state index < -0.39 is 30.4 Å². The molecule has 1 N–H and O–H groups in total. The van der Waals surface area contributed by atoms with Gasteiger partial charge in [0.1, 0.15) is 12.2 Å². The van der Waals surface area contributed by atoms with Gasteiger partial charge in [0.25, 0.3) is 0 Å². The highest BCUT2D eigenvalue weighted by Gasteiger charge is 2.56. The second-order valence-corrected chi connectivity index (χ2v) is 6.35. The minimum atomic E-state index is -0.957. The van der Waals surface area contributed by atoms with Gasteiger partial charge in [-0.15, -0.1) is 10.2 Å². The summed E-state index contributed by atoms with van der Waals surface area (Å²) in [6.45, 7) is 3.53. The molecule has 2 aliphatic heterocycles. The Kier molecular flexibility index (Phi) is 3.44. The first-order valence-electron chi connectivity index (χ1n) is 7.22. The van der Waals surface area contributed by atoms with E-state index in [1.807, 2.05) is 12.1 Å². The lowest BCUT2D eigenvalue weighted by Gasteiger charge is -2.21. The first kappa shape index (κ1) is 15.0. The van der Waals surface area contributed by atoms with Gasteiger partial charge in [-0.1, -0.05) is 23.7 Å². The number of fused-ring (bicyclic) bond motifs is 1. The van der Waals surface area contributed by atoms with Gasteiger partial charge in [-0.3, -0.25) is 0 Å². The van der Waals surface area contributed by atoms with Crippen molar-refractivity contribution in [2.75, 3.05) is 0 Å². The maximum atomic E-state index is 10.4. The lowest BCUT2D eigenvalue weighted by atomic mass is 10.1. The van der Waals surface area contributed by atoms with Crippen molar-refractivity contribution in [1.29, 1.82) is 0 Å². The molecule has 2 fully saturated rings. The molecule has 0 spiro atoms. The number of ether oxygens (including phenoxy) is 3. The van der Waals surface area contributed by atoms with Gasteiger partial charge in [-0.25, -0.2) is 0 Å². The highest BCUT2D eigenvalue weighted by molar-refractivity contribution is 6.33. The molecule has 0 saturated carbocycles. The number of benzene rings is 1. The predicted octanol–water partition coefficient (Wildman–Crippen LogP) is 2.30. The van der Waals surface area contributed by atoms with Gasteiger partial charge in [-0.05, 0) is 26.0 Å². The number of rotatable bonds is 2. The molecule has 23 heavy (non-hydrogen) atoms. The standard InChI is InChI=1S/C15H15ClN2O5/c1-15(2)22-11-9(19)10(20-14(11)23-15)13-18-17-12(21-13)7-5-3-4-6-8(7)16/h3-6,9-11,14,19H,1-2H3/t9-,10-,11+,14+/m0/s1. The van der Waals surface area contributed by atoms with Crippen LogP contribution < -0.4 is 0 Å². The Morgan fingerprint density at radius 1 is 1.17 bits per heavy atom. The summed E-state index contributed by atoms with van der Waals surface area (Å²) in [6, 6.07) is 7.13. The molecule has 0 aliphatic carbocycles. The number of aliphatic hydroxyl groups excluding tert-OH is 1. The van der Waals surface area contributed by atoms with Crippen molar-refractivity contribution in [3.63, 3.8) is 0 Å². The molecule has 0 radical (unpaired) electrons. The van der Waals surface area contributed by atoms with Crippen LogP contribution in [-0.4, -0.2) is 39.6 Å². The van der Waals surface area contributed by atoms with Crippen LogP contribution in [0.2, 0.25) is 5.02 Å². The average Bonchev–Trinajstić information content (AvgIpc) is 3.15. The smallest absolute Gasteiger partial charge is 0.249 e. The third-order valence-corrected chi connectivity index (χ3v) is 4.13. The minimum Gasteiger partial charge on any atom is -0.418 e. The van der Waals surface area contributed by atoms with Crippen molar-refractivity contribution in [3.05, 3.63) is 35.2 Å². The van der Waals surface area contributed by atoms with Crippen molar-refractivity contribution in [2.45, 2.75) is 44.2 Å². The van der Waals surface area contributed by atoms with Gasteiger partial charge in [0.05, 0.1) is 10.6 Å². The van der Waals surface area contributed by atoms with E-state index in [4.69, 9.17) is 30.2 Å². The molecule has 122 valence electrons. The topological polar surface area (TPSA) is 86.8 Å². The fourth-order valence-electron chi connectivity index (χ4n) is 2.79. The van der Waals surface area contributed by atoms with Crippen LogP contribution in [0.1, 0.15) is 25.8 Å². The molecule has 2 aliphatic rings. The summed E-state index contributed by atoms with van der Waals surface area (Å²) in [7, 11) is 0. The normalized spacial score (nSPS) is 32.2. The molecule has 4 atom stereocenters. The molecule has 4 rings (SSSR count). The van der Waals surface area contributed by atoms with Crippen LogP contribution in [0.3, 0.4) is 0 Å². The van der Waals surface area contributed by atoms with E-state index in [1.54, 1.807) is 26.0 Å². The highest BCUT2D eigenvalue weighted by atomic mass is 35.5. The summed E-state index contributed by atoms with van der Waals surface area (Å²) >= 11 is 6.12. The molecule has 1 aromatic heterocycles. The zero-order valence-electron chi connectivity index (χ0n) is 12.5. The number of halogens is 1. The number of nitrogens with zero attached hydrogens (tertiary/aromatic N) is 2. The van der Waals surface area contributed by atoms with Gasteiger partial charge < -0.3 is 23.7 Å². The Hall–Kier alpha value is -1.51. The van der Waals surface area contributed by atoms with Crippen molar-refractivity contribution in [3.8, 4) is 11.5 Å². The third kappa shape index (κ3) is 2.54. The molecule has 7 nitrogen and oxygen atoms in total. The molecule has 1 aromatic carbocycles. The van der Waals surface area contributed by atoms with E-state index in [0.29, 0.717) is 10.6 Å². The van der Waals surface area contributed by atoms with Crippen LogP contribution in [0, 0.1) is 0 Å². The van der Waals surface area contributed by atoms with E-state index >= 15 is 0 Å². The fraction of sp³-hybridized carbons (Fsp3) is 0.467. The second-order valence-electron chi connectivity index (χ2n) is 5.94. The SMILES string of the molecule is CC1(C)O[C@H]2O[C@H](c3nnc(-c4ccccc4Cl)o3)[C@H](O)[C@H]2O1. The van der Waals surface area contributed by atoms with Crippen LogP contribution in [0.15, 0.2) is 28.7 Å². The average molecular weight is 339 g/mol. The number of hydrogen-bond acceptors (Lipinski definition) is 7. The van der Waals surface area contributed by atoms with Crippen molar-refractivity contribution < 1.29 is 23.7 Å². The molecule has 0 unspecified atom stereocenters. The lowest BCUT2D eigenvalue weighted by Crippen LogP contribution is -2.31. The molecule has 0 bridgehead atoms. The molecular weight excluding hydrogens is 324 g/mol. The largest absolute Gasteiger partial charge is 0.418 e. The monoisotopic (exact) mass is 338 g/mol. The van der Waals surface area contributed by atoms with Gasteiger partial charge in [0, 0.05) is 0 Å². The van der Waals surface area contributed by atoms with Crippen LogP contribution in [0.4, 0.5) is 0 Å². The highest BCUT2D eigenvalue weighted by Crippen LogP contribution is 2.43.